The predicted molar refractivity (Wildman–Crippen MR) is 94.0 cm³/mol. The maximum absolute atomic E-state index is 12.6. The molecular weight excluding hydrogens is 350 g/mol. The van der Waals surface area contributed by atoms with Gasteiger partial charge >= 0.3 is 5.97 Å². The monoisotopic (exact) mass is 369 g/mol. The standard InChI is InChI=1S/C19H19N3O5/c1-11-17-14(8-15(12-5-6-12)20-18(17)27-21-11)19(24)26-10-16(23)22(2)9-13-4-3-7-25-13/h3-4,7-8,12H,5-6,9-10H2,1-2H3. The van der Waals surface area contributed by atoms with Crippen LogP contribution in [0.25, 0.3) is 11.1 Å². The second-order valence-electron chi connectivity index (χ2n) is 6.72. The average Bonchev–Trinajstić information content (AvgIpc) is 3.28. The predicted octanol–water partition coefficient (Wildman–Crippen LogP) is 2.82. The Bertz CT molecular complexity index is 988. The van der Waals surface area contributed by atoms with E-state index < -0.39 is 5.97 Å². The molecule has 0 bridgehead atoms. The Hall–Kier alpha value is -3.16. The zero-order chi connectivity index (χ0) is 19.0. The number of rotatable bonds is 6. The van der Waals surface area contributed by atoms with E-state index in [1.165, 1.54) is 4.90 Å². The lowest BCUT2D eigenvalue weighted by molar-refractivity contribution is -0.133. The zero-order valence-corrected chi connectivity index (χ0v) is 15.1. The molecule has 1 aliphatic rings. The lowest BCUT2D eigenvalue weighted by Gasteiger charge is -2.15. The van der Waals surface area contributed by atoms with Crippen molar-refractivity contribution in [3.63, 3.8) is 0 Å². The Balaban J connectivity index is 1.48. The Morgan fingerprint density at radius 3 is 2.89 bits per heavy atom. The fraction of sp³-hybridized carbons (Fsp3) is 0.368. The lowest BCUT2D eigenvalue weighted by Crippen LogP contribution is -2.30. The number of hydrogen-bond donors (Lipinski definition) is 0. The highest BCUT2D eigenvalue weighted by Crippen LogP contribution is 2.40. The fourth-order valence-electron chi connectivity index (χ4n) is 2.90. The molecule has 8 heteroatoms. The van der Waals surface area contributed by atoms with Crippen molar-refractivity contribution in [2.75, 3.05) is 13.7 Å². The van der Waals surface area contributed by atoms with Crippen LogP contribution in [0.5, 0.6) is 0 Å². The lowest BCUT2D eigenvalue weighted by atomic mass is 10.1. The maximum atomic E-state index is 12.6. The quantitative estimate of drug-likeness (QED) is 0.616. The number of amides is 1. The number of nitrogens with zero attached hydrogens (tertiary/aromatic N) is 3. The van der Waals surface area contributed by atoms with Crippen LogP contribution >= 0.6 is 0 Å². The highest BCUT2D eigenvalue weighted by molar-refractivity contribution is 6.03. The van der Waals surface area contributed by atoms with E-state index in [4.69, 9.17) is 13.7 Å². The summed E-state index contributed by atoms with van der Waals surface area (Å²) in [4.78, 5) is 30.8. The van der Waals surface area contributed by atoms with E-state index in [1.54, 1.807) is 38.4 Å². The summed E-state index contributed by atoms with van der Waals surface area (Å²) in [5.41, 5.74) is 2.02. The number of esters is 1. The normalized spacial score (nSPS) is 13.7. The van der Waals surface area contributed by atoms with Gasteiger partial charge in [0.15, 0.2) is 6.61 Å². The van der Waals surface area contributed by atoms with E-state index in [9.17, 15) is 9.59 Å². The highest BCUT2D eigenvalue weighted by Gasteiger charge is 2.29. The van der Waals surface area contributed by atoms with E-state index in [2.05, 4.69) is 10.1 Å². The van der Waals surface area contributed by atoms with Gasteiger partial charge in [-0.05, 0) is 38.0 Å². The first kappa shape index (κ1) is 17.3. The van der Waals surface area contributed by atoms with Crippen molar-refractivity contribution in [1.29, 1.82) is 0 Å². The van der Waals surface area contributed by atoms with Crippen LogP contribution in [0, 0.1) is 6.92 Å². The molecule has 0 unspecified atom stereocenters. The molecule has 0 aromatic carbocycles. The molecule has 3 aromatic heterocycles. The van der Waals surface area contributed by atoms with E-state index in [-0.39, 0.29) is 12.5 Å². The molecular formula is C19H19N3O5. The molecule has 3 aromatic rings. The fourth-order valence-corrected chi connectivity index (χ4v) is 2.90. The Morgan fingerprint density at radius 2 is 2.19 bits per heavy atom. The smallest absolute Gasteiger partial charge is 0.339 e. The number of aromatic nitrogens is 2. The topological polar surface area (TPSA) is 98.7 Å². The van der Waals surface area contributed by atoms with Gasteiger partial charge in [-0.3, -0.25) is 4.79 Å². The summed E-state index contributed by atoms with van der Waals surface area (Å²) in [6, 6.07) is 5.25. The van der Waals surface area contributed by atoms with E-state index in [0.717, 1.165) is 18.5 Å². The first-order valence-corrected chi connectivity index (χ1v) is 8.73. The maximum Gasteiger partial charge on any atom is 0.339 e. The summed E-state index contributed by atoms with van der Waals surface area (Å²) >= 11 is 0. The molecule has 1 amide bonds. The molecule has 0 spiro atoms. The van der Waals surface area contributed by atoms with Crippen LogP contribution in [0.15, 0.2) is 33.4 Å². The number of pyridine rings is 1. The number of aryl methyl sites for hydroxylation is 1. The SMILES string of the molecule is Cc1noc2nc(C3CC3)cc(C(=O)OCC(=O)N(C)Cc3ccco3)c12. The van der Waals surface area contributed by atoms with E-state index >= 15 is 0 Å². The molecule has 3 heterocycles. The van der Waals surface area contributed by atoms with Crippen molar-refractivity contribution >= 4 is 23.0 Å². The summed E-state index contributed by atoms with van der Waals surface area (Å²) in [6.07, 6.45) is 3.62. The van der Waals surface area contributed by atoms with Gasteiger partial charge in [0, 0.05) is 18.7 Å². The van der Waals surface area contributed by atoms with Gasteiger partial charge in [-0.15, -0.1) is 0 Å². The number of carbonyl (C=O) groups excluding carboxylic acids is 2. The number of ether oxygens (including phenoxy) is 1. The van der Waals surface area contributed by atoms with Crippen LogP contribution in [0.2, 0.25) is 0 Å². The van der Waals surface area contributed by atoms with Crippen molar-refractivity contribution in [3.05, 3.63) is 47.2 Å². The van der Waals surface area contributed by atoms with Crippen LogP contribution in [0.1, 0.15) is 46.3 Å². The molecule has 1 fully saturated rings. The van der Waals surface area contributed by atoms with Crippen molar-refractivity contribution in [3.8, 4) is 0 Å². The molecule has 4 rings (SSSR count). The highest BCUT2D eigenvalue weighted by atomic mass is 16.5. The molecule has 0 atom stereocenters. The van der Waals surface area contributed by atoms with Crippen LogP contribution in [0.3, 0.4) is 0 Å². The van der Waals surface area contributed by atoms with E-state index in [0.29, 0.717) is 40.6 Å². The minimum atomic E-state index is -0.588. The third-order valence-electron chi connectivity index (χ3n) is 4.58. The molecule has 0 N–H and O–H groups in total. The number of fused-ring (bicyclic) bond motifs is 1. The van der Waals surface area contributed by atoms with Crippen molar-refractivity contribution < 1.29 is 23.3 Å². The minimum Gasteiger partial charge on any atom is -0.467 e. The summed E-state index contributed by atoms with van der Waals surface area (Å²) in [5.74, 6) is 0.0828. The second-order valence-corrected chi connectivity index (χ2v) is 6.72. The third-order valence-corrected chi connectivity index (χ3v) is 4.58. The molecule has 0 aliphatic heterocycles. The molecule has 140 valence electrons. The van der Waals surface area contributed by atoms with Crippen LogP contribution in [0.4, 0.5) is 0 Å². The van der Waals surface area contributed by atoms with Crippen molar-refractivity contribution in [2.24, 2.45) is 0 Å². The summed E-state index contributed by atoms with van der Waals surface area (Å²) < 4.78 is 15.7. The molecule has 1 saturated carbocycles. The largest absolute Gasteiger partial charge is 0.467 e. The number of likely N-dealkylation sites (N-methyl/N-ethyl adjacent to an activating group) is 1. The average molecular weight is 369 g/mol. The number of carbonyl (C=O) groups is 2. The molecule has 8 nitrogen and oxygen atoms in total. The zero-order valence-electron chi connectivity index (χ0n) is 15.1. The Morgan fingerprint density at radius 1 is 1.37 bits per heavy atom. The van der Waals surface area contributed by atoms with Crippen LogP contribution in [-0.4, -0.2) is 40.6 Å². The summed E-state index contributed by atoms with van der Waals surface area (Å²) in [6.45, 7) is 1.69. The van der Waals surface area contributed by atoms with Crippen molar-refractivity contribution in [2.45, 2.75) is 32.2 Å². The first-order chi connectivity index (χ1) is 13.0. The van der Waals surface area contributed by atoms with Crippen LogP contribution < -0.4 is 0 Å². The Labute approximate surface area is 155 Å². The van der Waals surface area contributed by atoms with Crippen molar-refractivity contribution in [1.82, 2.24) is 15.0 Å². The van der Waals surface area contributed by atoms with Gasteiger partial charge < -0.3 is 18.6 Å². The van der Waals surface area contributed by atoms with Gasteiger partial charge in [0.25, 0.3) is 11.6 Å². The van der Waals surface area contributed by atoms with Crippen LogP contribution in [-0.2, 0) is 16.1 Å². The van der Waals surface area contributed by atoms with Gasteiger partial charge in [-0.1, -0.05) is 5.16 Å². The summed E-state index contributed by atoms with van der Waals surface area (Å²) in [7, 11) is 1.62. The number of furan rings is 1. The Kier molecular flexibility index (Phi) is 4.39. The minimum absolute atomic E-state index is 0.305. The molecule has 1 aliphatic carbocycles. The molecule has 0 saturated heterocycles. The summed E-state index contributed by atoms with van der Waals surface area (Å²) in [5, 5.41) is 4.42. The molecule has 27 heavy (non-hydrogen) atoms. The van der Waals surface area contributed by atoms with Gasteiger partial charge in [0.1, 0.15) is 5.76 Å². The van der Waals surface area contributed by atoms with Gasteiger partial charge in [-0.25, -0.2) is 9.78 Å². The van der Waals surface area contributed by atoms with Gasteiger partial charge in [-0.2, -0.15) is 0 Å². The van der Waals surface area contributed by atoms with Gasteiger partial charge in [0.2, 0.25) is 0 Å². The van der Waals surface area contributed by atoms with E-state index in [1.807, 2.05) is 0 Å². The third kappa shape index (κ3) is 3.55. The molecule has 0 radical (unpaired) electrons. The second kappa shape index (κ2) is 6.86. The number of hydrogen-bond acceptors (Lipinski definition) is 7. The van der Waals surface area contributed by atoms with Gasteiger partial charge in [0.05, 0.1) is 29.5 Å². The first-order valence-electron chi connectivity index (χ1n) is 8.73.